The van der Waals surface area contributed by atoms with Gasteiger partial charge in [-0.25, -0.2) is 0 Å². The molecule has 2 aliphatic heterocycles. The van der Waals surface area contributed by atoms with E-state index < -0.39 is 0 Å². The lowest BCUT2D eigenvalue weighted by Crippen LogP contribution is -2.38. The number of ether oxygens (including phenoxy) is 1. The fourth-order valence-electron chi connectivity index (χ4n) is 3.13. The summed E-state index contributed by atoms with van der Waals surface area (Å²) in [7, 11) is 0. The summed E-state index contributed by atoms with van der Waals surface area (Å²) in [6, 6.07) is 5.95. The highest BCUT2D eigenvalue weighted by Gasteiger charge is 2.32. The molecule has 2 aliphatic rings. The fraction of sp³-hybridized carbons (Fsp3) is 0.471. The van der Waals surface area contributed by atoms with E-state index >= 15 is 0 Å². The molecular weight excluding hydrogens is 266 g/mol. The molecule has 1 aromatic carbocycles. The summed E-state index contributed by atoms with van der Waals surface area (Å²) in [6.45, 7) is 3.59. The predicted octanol–water partition coefficient (Wildman–Crippen LogP) is 1.86. The van der Waals surface area contributed by atoms with Crippen molar-refractivity contribution in [2.45, 2.75) is 25.8 Å². The topological polar surface area (TPSA) is 49.8 Å². The molecule has 0 aliphatic carbocycles. The number of benzene rings is 1. The van der Waals surface area contributed by atoms with E-state index in [4.69, 9.17) is 4.74 Å². The van der Waals surface area contributed by atoms with Crippen LogP contribution in [0.4, 0.5) is 0 Å². The number of aliphatic hydroxyl groups is 1. The maximum Gasteiger partial charge on any atom is 0.246 e. The minimum atomic E-state index is -0.0458. The molecule has 4 heteroatoms. The summed E-state index contributed by atoms with van der Waals surface area (Å²) in [5.41, 5.74) is 2.22. The largest absolute Gasteiger partial charge is 0.493 e. The Kier molecular flexibility index (Phi) is 3.97. The third kappa shape index (κ3) is 2.81. The zero-order chi connectivity index (χ0) is 14.8. The number of rotatable bonds is 3. The van der Waals surface area contributed by atoms with Crippen molar-refractivity contribution >= 4 is 12.0 Å². The van der Waals surface area contributed by atoms with Gasteiger partial charge in [0.15, 0.2) is 0 Å². The van der Waals surface area contributed by atoms with Gasteiger partial charge in [0.1, 0.15) is 5.75 Å². The van der Waals surface area contributed by atoms with E-state index in [1.165, 1.54) is 5.56 Å². The lowest BCUT2D eigenvalue weighted by molar-refractivity contribution is -0.127. The normalized spacial score (nSPS) is 24.4. The number of nitrogens with zero attached hydrogens (tertiary/aromatic N) is 1. The minimum Gasteiger partial charge on any atom is -0.493 e. The zero-order valence-electron chi connectivity index (χ0n) is 12.3. The average molecular weight is 287 g/mol. The molecule has 0 saturated carbocycles. The molecule has 0 radical (unpaired) electrons. The first-order valence-electron chi connectivity index (χ1n) is 7.54. The van der Waals surface area contributed by atoms with Crippen molar-refractivity contribution < 1.29 is 14.6 Å². The molecule has 0 spiro atoms. The molecule has 1 N–H and O–H groups in total. The van der Waals surface area contributed by atoms with Crippen LogP contribution in [0, 0.1) is 5.92 Å². The van der Waals surface area contributed by atoms with Crippen molar-refractivity contribution in [1.82, 2.24) is 4.90 Å². The molecular formula is C17H21NO3. The van der Waals surface area contributed by atoms with Gasteiger partial charge in [-0.15, -0.1) is 0 Å². The van der Waals surface area contributed by atoms with Gasteiger partial charge >= 0.3 is 0 Å². The van der Waals surface area contributed by atoms with Crippen LogP contribution in [-0.4, -0.2) is 41.7 Å². The summed E-state index contributed by atoms with van der Waals surface area (Å²) >= 11 is 0. The Hall–Kier alpha value is -1.81. The first-order chi connectivity index (χ1) is 10.2. The number of amides is 1. The van der Waals surface area contributed by atoms with Gasteiger partial charge in [-0.1, -0.05) is 13.0 Å². The van der Waals surface area contributed by atoms with Crippen LogP contribution in [0.5, 0.6) is 5.75 Å². The molecule has 0 aromatic heterocycles. The molecule has 2 heterocycles. The number of carbonyl (C=O) groups is 1. The van der Waals surface area contributed by atoms with E-state index in [0.29, 0.717) is 5.92 Å². The molecule has 112 valence electrons. The summed E-state index contributed by atoms with van der Waals surface area (Å²) in [5.74, 6) is 1.30. The highest BCUT2D eigenvalue weighted by atomic mass is 16.5. The second-order valence-corrected chi connectivity index (χ2v) is 5.85. The van der Waals surface area contributed by atoms with Gasteiger partial charge in [-0.2, -0.15) is 0 Å². The van der Waals surface area contributed by atoms with E-state index in [2.05, 4.69) is 13.0 Å². The highest BCUT2D eigenvalue weighted by Crippen LogP contribution is 2.27. The van der Waals surface area contributed by atoms with E-state index in [-0.39, 0.29) is 18.6 Å². The lowest BCUT2D eigenvalue weighted by Gasteiger charge is -2.23. The molecule has 21 heavy (non-hydrogen) atoms. The molecule has 2 unspecified atom stereocenters. The van der Waals surface area contributed by atoms with Crippen LogP contribution < -0.4 is 4.74 Å². The zero-order valence-corrected chi connectivity index (χ0v) is 12.3. The van der Waals surface area contributed by atoms with E-state index in [9.17, 15) is 9.90 Å². The maximum atomic E-state index is 12.3. The smallest absolute Gasteiger partial charge is 0.246 e. The van der Waals surface area contributed by atoms with Crippen molar-refractivity contribution in [3.8, 4) is 5.75 Å². The molecule has 0 bridgehead atoms. The van der Waals surface area contributed by atoms with Gasteiger partial charge in [-0.3, -0.25) is 4.79 Å². The first-order valence-corrected chi connectivity index (χ1v) is 7.54. The van der Waals surface area contributed by atoms with E-state index in [1.807, 2.05) is 18.2 Å². The Morgan fingerprint density at radius 2 is 2.38 bits per heavy atom. The highest BCUT2D eigenvalue weighted by molar-refractivity contribution is 5.92. The van der Waals surface area contributed by atoms with Crippen molar-refractivity contribution in [2.75, 3.05) is 19.8 Å². The Bertz CT molecular complexity index is 567. The average Bonchev–Trinajstić information content (AvgIpc) is 3.10. The summed E-state index contributed by atoms with van der Waals surface area (Å²) in [4.78, 5) is 14.0. The first kappa shape index (κ1) is 14.1. The van der Waals surface area contributed by atoms with Crippen LogP contribution in [-0.2, 0) is 11.2 Å². The Morgan fingerprint density at radius 3 is 3.19 bits per heavy atom. The number of fused-ring (bicyclic) bond motifs is 1. The van der Waals surface area contributed by atoms with Crippen molar-refractivity contribution in [2.24, 2.45) is 5.92 Å². The van der Waals surface area contributed by atoms with Crippen molar-refractivity contribution in [3.63, 3.8) is 0 Å². The van der Waals surface area contributed by atoms with Gasteiger partial charge in [0.2, 0.25) is 5.91 Å². The second-order valence-electron chi connectivity index (χ2n) is 5.85. The van der Waals surface area contributed by atoms with E-state index in [0.717, 1.165) is 37.3 Å². The molecule has 1 saturated heterocycles. The van der Waals surface area contributed by atoms with Crippen LogP contribution in [0.2, 0.25) is 0 Å². The molecule has 2 atom stereocenters. The summed E-state index contributed by atoms with van der Waals surface area (Å²) < 4.78 is 5.47. The third-order valence-corrected chi connectivity index (χ3v) is 4.48. The molecule has 1 amide bonds. The monoisotopic (exact) mass is 287 g/mol. The summed E-state index contributed by atoms with van der Waals surface area (Å²) in [5, 5.41) is 9.41. The predicted molar refractivity (Wildman–Crippen MR) is 81.0 cm³/mol. The van der Waals surface area contributed by atoms with Gasteiger partial charge in [0.05, 0.1) is 19.3 Å². The molecule has 1 aromatic rings. The van der Waals surface area contributed by atoms with Gasteiger partial charge in [-0.05, 0) is 41.7 Å². The minimum absolute atomic E-state index is 0.0184. The van der Waals surface area contributed by atoms with Crippen LogP contribution in [0.15, 0.2) is 24.3 Å². The SMILES string of the molecule is CC1CCN(C(=O)/C=C/c2ccc3c(c2)CCO3)C1CO. The fourth-order valence-corrected chi connectivity index (χ4v) is 3.13. The Morgan fingerprint density at radius 1 is 1.52 bits per heavy atom. The van der Waals surface area contributed by atoms with Gasteiger partial charge in [0, 0.05) is 19.0 Å². The Labute approximate surface area is 125 Å². The van der Waals surface area contributed by atoms with Crippen LogP contribution in [0.3, 0.4) is 0 Å². The number of aliphatic hydroxyl groups excluding tert-OH is 1. The number of hydrogen-bond acceptors (Lipinski definition) is 3. The van der Waals surface area contributed by atoms with Crippen molar-refractivity contribution in [3.05, 3.63) is 35.4 Å². The second kappa shape index (κ2) is 5.90. The van der Waals surface area contributed by atoms with Gasteiger partial charge in [0.25, 0.3) is 0 Å². The number of carbonyl (C=O) groups excluding carboxylic acids is 1. The number of hydrogen-bond donors (Lipinski definition) is 1. The molecule has 3 rings (SSSR count). The lowest BCUT2D eigenvalue weighted by atomic mass is 10.0. The maximum absolute atomic E-state index is 12.3. The van der Waals surface area contributed by atoms with Crippen LogP contribution >= 0.6 is 0 Å². The van der Waals surface area contributed by atoms with Crippen LogP contribution in [0.25, 0.3) is 6.08 Å². The van der Waals surface area contributed by atoms with E-state index in [1.54, 1.807) is 11.0 Å². The summed E-state index contributed by atoms with van der Waals surface area (Å²) in [6.07, 6.45) is 5.35. The van der Waals surface area contributed by atoms with Gasteiger partial charge < -0.3 is 14.7 Å². The third-order valence-electron chi connectivity index (χ3n) is 4.48. The van der Waals surface area contributed by atoms with Crippen molar-refractivity contribution in [1.29, 1.82) is 0 Å². The Balaban J connectivity index is 1.69. The standard InChI is InChI=1S/C17H21NO3/c1-12-6-8-18(15(12)11-19)17(20)5-3-13-2-4-16-14(10-13)7-9-21-16/h2-5,10,12,15,19H,6-9,11H2,1H3/b5-3+. The number of likely N-dealkylation sites (tertiary alicyclic amines) is 1. The van der Waals surface area contributed by atoms with Crippen LogP contribution in [0.1, 0.15) is 24.5 Å². The quantitative estimate of drug-likeness (QED) is 0.863. The molecule has 4 nitrogen and oxygen atoms in total. The molecule has 1 fully saturated rings.